The van der Waals surface area contributed by atoms with Crippen LogP contribution < -0.4 is 10.1 Å². The molecule has 5 nitrogen and oxygen atoms in total. The summed E-state index contributed by atoms with van der Waals surface area (Å²) >= 11 is 6.29. The number of aromatic amines is 1. The number of methoxy groups -OCH3 is 1. The molecule has 0 bridgehead atoms. The summed E-state index contributed by atoms with van der Waals surface area (Å²) in [6, 6.07) is 21.2. The van der Waals surface area contributed by atoms with Crippen LogP contribution >= 0.6 is 11.6 Å². The molecule has 5 rings (SSSR count). The standard InChI is InChI=1S/C26H24ClN3O2/c1-16-5-3-4-6-22(16)29-26(31)30-14-13-20-21-15-18(27)9-12-23(21)28-24(20)25(30)17-7-10-19(32-2)11-8-17/h3-12,15,25,28H,13-14H2,1-2H3,(H,29,31)/t25-/m0/s1. The molecule has 162 valence electrons. The van der Waals surface area contributed by atoms with Gasteiger partial charge >= 0.3 is 6.03 Å². The van der Waals surface area contributed by atoms with Crippen LogP contribution in [0.15, 0.2) is 66.7 Å². The molecule has 1 aromatic heterocycles. The monoisotopic (exact) mass is 445 g/mol. The number of H-pyrrole nitrogens is 1. The van der Waals surface area contributed by atoms with Gasteiger partial charge in [-0.1, -0.05) is 41.9 Å². The van der Waals surface area contributed by atoms with Crippen LogP contribution in [0.4, 0.5) is 10.5 Å². The number of hydrogen-bond acceptors (Lipinski definition) is 2. The number of nitrogens with one attached hydrogen (secondary N) is 2. The van der Waals surface area contributed by atoms with Gasteiger partial charge < -0.3 is 19.9 Å². The van der Waals surface area contributed by atoms with Crippen molar-refractivity contribution < 1.29 is 9.53 Å². The number of hydrogen-bond donors (Lipinski definition) is 2. The van der Waals surface area contributed by atoms with E-state index in [1.165, 1.54) is 5.56 Å². The molecule has 2 amide bonds. The maximum atomic E-state index is 13.5. The first-order valence-corrected chi connectivity index (χ1v) is 11.0. The van der Waals surface area contributed by atoms with E-state index in [0.717, 1.165) is 45.6 Å². The number of aromatic nitrogens is 1. The van der Waals surface area contributed by atoms with Crippen LogP contribution in [0.3, 0.4) is 0 Å². The summed E-state index contributed by atoms with van der Waals surface area (Å²) in [6.45, 7) is 2.59. The van der Waals surface area contributed by atoms with Gasteiger partial charge in [-0.2, -0.15) is 0 Å². The summed E-state index contributed by atoms with van der Waals surface area (Å²) < 4.78 is 5.34. The van der Waals surface area contributed by atoms with Gasteiger partial charge in [0.25, 0.3) is 0 Å². The largest absolute Gasteiger partial charge is 0.497 e. The maximum absolute atomic E-state index is 13.5. The van der Waals surface area contributed by atoms with Gasteiger partial charge in [-0.25, -0.2) is 4.79 Å². The molecule has 1 atom stereocenters. The van der Waals surface area contributed by atoms with Crippen molar-refractivity contribution in [2.75, 3.05) is 19.0 Å². The first kappa shape index (κ1) is 20.5. The van der Waals surface area contributed by atoms with Crippen molar-refractivity contribution in [3.8, 4) is 5.75 Å². The van der Waals surface area contributed by atoms with Gasteiger partial charge in [-0.3, -0.25) is 0 Å². The molecule has 0 saturated heterocycles. The fraction of sp³-hybridized carbons (Fsp3) is 0.192. The van der Waals surface area contributed by atoms with Gasteiger partial charge in [0.05, 0.1) is 13.2 Å². The smallest absolute Gasteiger partial charge is 0.322 e. The number of para-hydroxylation sites is 1. The summed E-state index contributed by atoms with van der Waals surface area (Å²) in [5.74, 6) is 0.782. The van der Waals surface area contributed by atoms with Crippen molar-refractivity contribution in [1.82, 2.24) is 9.88 Å². The molecule has 0 saturated carbocycles. The van der Waals surface area contributed by atoms with Crippen molar-refractivity contribution in [1.29, 1.82) is 0 Å². The second-order valence-corrected chi connectivity index (χ2v) is 8.51. The molecule has 2 heterocycles. The number of carbonyl (C=O) groups is 1. The molecule has 3 aromatic carbocycles. The van der Waals surface area contributed by atoms with Gasteiger partial charge in [0.15, 0.2) is 0 Å². The van der Waals surface area contributed by atoms with Crippen molar-refractivity contribution >= 4 is 34.2 Å². The fourth-order valence-electron chi connectivity index (χ4n) is 4.51. The Balaban J connectivity index is 1.59. The van der Waals surface area contributed by atoms with Crippen molar-refractivity contribution in [3.05, 3.63) is 94.1 Å². The Morgan fingerprint density at radius 2 is 1.91 bits per heavy atom. The summed E-state index contributed by atoms with van der Waals surface area (Å²) in [5, 5.41) is 4.93. The molecule has 0 fully saturated rings. The zero-order chi connectivity index (χ0) is 22.2. The Morgan fingerprint density at radius 1 is 1.12 bits per heavy atom. The van der Waals surface area contributed by atoms with E-state index < -0.39 is 0 Å². The summed E-state index contributed by atoms with van der Waals surface area (Å²) in [5.41, 5.74) is 6.13. The number of amides is 2. The molecule has 0 spiro atoms. The fourth-order valence-corrected chi connectivity index (χ4v) is 4.68. The lowest BCUT2D eigenvalue weighted by atomic mass is 9.92. The molecule has 6 heteroatoms. The number of aryl methyl sites for hydroxylation is 1. The number of ether oxygens (including phenoxy) is 1. The van der Waals surface area contributed by atoms with Gasteiger partial charge in [-0.05, 0) is 66.4 Å². The van der Waals surface area contributed by atoms with E-state index in [1.807, 2.05) is 78.6 Å². The third kappa shape index (κ3) is 3.59. The minimum Gasteiger partial charge on any atom is -0.497 e. The van der Waals surface area contributed by atoms with Gasteiger partial charge in [0.1, 0.15) is 5.75 Å². The lowest BCUT2D eigenvalue weighted by Crippen LogP contribution is -2.43. The molecule has 2 N–H and O–H groups in total. The predicted molar refractivity (Wildman–Crippen MR) is 129 cm³/mol. The summed E-state index contributed by atoms with van der Waals surface area (Å²) in [7, 11) is 1.65. The predicted octanol–water partition coefficient (Wildman–Crippen LogP) is 6.32. The van der Waals surface area contributed by atoms with Crippen LogP contribution in [-0.2, 0) is 6.42 Å². The Bertz CT molecular complexity index is 1300. The van der Waals surface area contributed by atoms with Crippen LogP contribution in [0.5, 0.6) is 5.75 Å². The van der Waals surface area contributed by atoms with Crippen molar-refractivity contribution in [2.24, 2.45) is 0 Å². The quantitative estimate of drug-likeness (QED) is 0.387. The number of urea groups is 1. The number of nitrogens with zero attached hydrogens (tertiary/aromatic N) is 1. The molecule has 0 aliphatic carbocycles. The summed E-state index contributed by atoms with van der Waals surface area (Å²) in [4.78, 5) is 18.9. The third-order valence-electron chi connectivity index (χ3n) is 6.17. The van der Waals surface area contributed by atoms with Crippen LogP contribution in [0.2, 0.25) is 5.02 Å². The Kier molecular flexibility index (Phi) is 5.27. The Hall–Kier alpha value is -3.44. The summed E-state index contributed by atoms with van der Waals surface area (Å²) in [6.07, 6.45) is 0.753. The second-order valence-electron chi connectivity index (χ2n) is 8.07. The van der Waals surface area contributed by atoms with Crippen molar-refractivity contribution in [2.45, 2.75) is 19.4 Å². The Labute approximate surface area is 192 Å². The highest BCUT2D eigenvalue weighted by atomic mass is 35.5. The molecule has 0 unspecified atom stereocenters. The number of benzene rings is 3. The zero-order valence-corrected chi connectivity index (χ0v) is 18.7. The lowest BCUT2D eigenvalue weighted by Gasteiger charge is -2.36. The van der Waals surface area contributed by atoms with Crippen LogP contribution in [0, 0.1) is 6.92 Å². The molecule has 1 aliphatic heterocycles. The first-order valence-electron chi connectivity index (χ1n) is 10.6. The Morgan fingerprint density at radius 3 is 2.66 bits per heavy atom. The molecule has 4 aromatic rings. The number of carbonyl (C=O) groups excluding carboxylic acids is 1. The van der Waals surface area contributed by atoms with E-state index in [1.54, 1.807) is 7.11 Å². The molecular formula is C26H24ClN3O2. The molecule has 1 aliphatic rings. The average Bonchev–Trinajstić information content (AvgIpc) is 3.18. The number of halogens is 1. The zero-order valence-electron chi connectivity index (χ0n) is 18.0. The highest BCUT2D eigenvalue weighted by Gasteiger charge is 2.34. The molecule has 32 heavy (non-hydrogen) atoms. The van der Waals surface area contributed by atoms with Crippen LogP contribution in [-0.4, -0.2) is 29.6 Å². The minimum absolute atomic E-state index is 0.123. The molecular weight excluding hydrogens is 422 g/mol. The topological polar surface area (TPSA) is 57.4 Å². The van der Waals surface area contributed by atoms with E-state index in [2.05, 4.69) is 10.3 Å². The lowest BCUT2D eigenvalue weighted by molar-refractivity contribution is 0.193. The first-order chi connectivity index (χ1) is 15.5. The van der Waals surface area contributed by atoms with E-state index in [9.17, 15) is 4.79 Å². The van der Waals surface area contributed by atoms with Crippen LogP contribution in [0.1, 0.15) is 28.4 Å². The van der Waals surface area contributed by atoms with E-state index in [0.29, 0.717) is 11.6 Å². The third-order valence-corrected chi connectivity index (χ3v) is 6.40. The van der Waals surface area contributed by atoms with Gasteiger partial charge in [0.2, 0.25) is 0 Å². The number of anilines is 1. The van der Waals surface area contributed by atoms with E-state index in [4.69, 9.17) is 16.3 Å². The minimum atomic E-state index is -0.250. The maximum Gasteiger partial charge on any atom is 0.322 e. The van der Waals surface area contributed by atoms with Crippen molar-refractivity contribution in [3.63, 3.8) is 0 Å². The highest BCUT2D eigenvalue weighted by Crippen LogP contribution is 2.39. The van der Waals surface area contributed by atoms with Gasteiger partial charge in [-0.15, -0.1) is 0 Å². The number of rotatable bonds is 3. The van der Waals surface area contributed by atoms with E-state index in [-0.39, 0.29) is 12.1 Å². The van der Waals surface area contributed by atoms with Gasteiger partial charge in [0, 0.05) is 33.9 Å². The van der Waals surface area contributed by atoms with Crippen LogP contribution in [0.25, 0.3) is 10.9 Å². The SMILES string of the molecule is COc1ccc([C@H]2c3[nH]c4ccc(Cl)cc4c3CCN2C(=O)Nc2ccccc2C)cc1. The highest BCUT2D eigenvalue weighted by molar-refractivity contribution is 6.31. The normalized spacial score (nSPS) is 15.5. The average molecular weight is 446 g/mol. The number of fused-ring (bicyclic) bond motifs is 3. The van der Waals surface area contributed by atoms with E-state index >= 15 is 0 Å². The molecule has 0 radical (unpaired) electrons. The second kappa shape index (κ2) is 8.24.